The molecular weight excluding hydrogens is 359 g/mol. The Morgan fingerprint density at radius 1 is 0.893 bits per heavy atom. The first kappa shape index (κ1) is 19.3. The minimum absolute atomic E-state index is 0.0542. The van der Waals surface area contributed by atoms with Crippen molar-refractivity contribution in [3.63, 3.8) is 0 Å². The zero-order valence-corrected chi connectivity index (χ0v) is 15.0. The second-order valence-electron chi connectivity index (χ2n) is 6.33. The van der Waals surface area contributed by atoms with E-state index in [1.54, 1.807) is 60.7 Å². The van der Waals surface area contributed by atoms with Gasteiger partial charge in [-0.15, -0.1) is 0 Å². The fraction of sp³-hybridized carbons (Fsp3) is 0.0909. The van der Waals surface area contributed by atoms with Gasteiger partial charge in [0.2, 0.25) is 5.91 Å². The summed E-state index contributed by atoms with van der Waals surface area (Å²) in [6.45, 7) is 0.0542. The number of nitrogens with zero attached hydrogens (tertiary/aromatic N) is 1. The predicted molar refractivity (Wildman–Crippen MR) is 103 cm³/mol. The monoisotopic (exact) mass is 378 g/mol. The molecule has 3 aromatic rings. The lowest BCUT2D eigenvalue weighted by molar-refractivity contribution is -0.0571. The zero-order chi connectivity index (χ0) is 20.1. The van der Waals surface area contributed by atoms with E-state index in [4.69, 9.17) is 5.73 Å². The molecule has 0 fully saturated rings. The van der Waals surface area contributed by atoms with E-state index in [0.717, 1.165) is 11.1 Å². The highest BCUT2D eigenvalue weighted by Gasteiger charge is 2.14. The molecule has 3 N–H and O–H groups in total. The Balaban J connectivity index is 1.64. The zero-order valence-electron chi connectivity index (χ0n) is 15.0. The second kappa shape index (κ2) is 8.45. The van der Waals surface area contributed by atoms with E-state index in [-0.39, 0.29) is 12.4 Å². The molecular formula is C22H19FN2O3. The van der Waals surface area contributed by atoms with Crippen molar-refractivity contribution in [2.24, 2.45) is 5.73 Å². The summed E-state index contributed by atoms with van der Waals surface area (Å²) in [7, 11) is 0. The molecule has 3 aromatic carbocycles. The van der Waals surface area contributed by atoms with Gasteiger partial charge in [0.15, 0.2) is 0 Å². The smallest absolute Gasteiger partial charge is 0.277 e. The third-order valence-corrected chi connectivity index (χ3v) is 4.37. The topological polar surface area (TPSA) is 83.6 Å². The molecule has 142 valence electrons. The van der Waals surface area contributed by atoms with Gasteiger partial charge in [-0.25, -0.2) is 9.45 Å². The van der Waals surface area contributed by atoms with E-state index < -0.39 is 11.8 Å². The molecule has 0 aliphatic heterocycles. The molecule has 0 atom stereocenters. The summed E-state index contributed by atoms with van der Waals surface area (Å²) in [5.41, 5.74) is 8.41. The fourth-order valence-electron chi connectivity index (χ4n) is 2.81. The Hall–Kier alpha value is -3.51. The molecule has 0 heterocycles. The summed E-state index contributed by atoms with van der Waals surface area (Å²) in [6, 6.07) is 19.6. The average Bonchev–Trinajstić information content (AvgIpc) is 2.71. The molecule has 0 unspecified atom stereocenters. The highest BCUT2D eigenvalue weighted by molar-refractivity contribution is 5.94. The molecule has 6 heteroatoms. The van der Waals surface area contributed by atoms with Gasteiger partial charge in [-0.3, -0.25) is 14.8 Å². The molecule has 0 spiro atoms. The number of rotatable bonds is 6. The summed E-state index contributed by atoms with van der Waals surface area (Å²) in [5, 5.41) is 10.6. The van der Waals surface area contributed by atoms with Crippen molar-refractivity contribution >= 4 is 11.8 Å². The van der Waals surface area contributed by atoms with Crippen LogP contribution in [0.25, 0.3) is 11.1 Å². The molecule has 0 saturated heterocycles. The Morgan fingerprint density at radius 2 is 1.46 bits per heavy atom. The number of hydrogen-bond donors (Lipinski definition) is 2. The maximum atomic E-state index is 13.2. The van der Waals surface area contributed by atoms with Gasteiger partial charge >= 0.3 is 0 Å². The van der Waals surface area contributed by atoms with Crippen LogP contribution in [-0.2, 0) is 6.42 Å². The quantitative estimate of drug-likeness (QED) is 0.507. The van der Waals surface area contributed by atoms with Crippen molar-refractivity contribution in [2.75, 3.05) is 6.54 Å². The van der Waals surface area contributed by atoms with Crippen molar-refractivity contribution in [1.82, 2.24) is 5.06 Å². The van der Waals surface area contributed by atoms with Gasteiger partial charge in [0.05, 0.1) is 6.54 Å². The van der Waals surface area contributed by atoms with Crippen LogP contribution < -0.4 is 5.73 Å². The van der Waals surface area contributed by atoms with Crippen LogP contribution in [0.1, 0.15) is 26.3 Å². The van der Waals surface area contributed by atoms with E-state index in [1.807, 2.05) is 0 Å². The summed E-state index contributed by atoms with van der Waals surface area (Å²) >= 11 is 0. The number of hydroxylamine groups is 2. The van der Waals surface area contributed by atoms with Gasteiger partial charge in [0.25, 0.3) is 5.91 Å². The number of hydrogen-bond acceptors (Lipinski definition) is 3. The highest BCUT2D eigenvalue weighted by Crippen LogP contribution is 2.21. The predicted octanol–water partition coefficient (Wildman–Crippen LogP) is 3.67. The summed E-state index contributed by atoms with van der Waals surface area (Å²) < 4.78 is 13.2. The number of benzene rings is 3. The number of halogens is 1. The highest BCUT2D eigenvalue weighted by atomic mass is 19.1. The van der Waals surface area contributed by atoms with Crippen LogP contribution in [0.2, 0.25) is 0 Å². The second-order valence-corrected chi connectivity index (χ2v) is 6.33. The SMILES string of the molecule is NC(=O)c1ccc(-c2ccc(C(=O)N(O)CCc3cccc(F)c3)cc2)cc1. The van der Waals surface area contributed by atoms with Crippen molar-refractivity contribution < 1.29 is 19.2 Å². The van der Waals surface area contributed by atoms with E-state index >= 15 is 0 Å². The molecule has 0 aromatic heterocycles. The summed E-state index contributed by atoms with van der Waals surface area (Å²) in [6.07, 6.45) is 0.338. The van der Waals surface area contributed by atoms with Crippen molar-refractivity contribution in [2.45, 2.75) is 6.42 Å². The molecule has 3 rings (SSSR count). The largest absolute Gasteiger partial charge is 0.366 e. The van der Waals surface area contributed by atoms with Gasteiger partial charge in [0, 0.05) is 11.1 Å². The van der Waals surface area contributed by atoms with E-state index in [9.17, 15) is 19.2 Å². The van der Waals surface area contributed by atoms with Crippen molar-refractivity contribution in [1.29, 1.82) is 0 Å². The summed E-state index contributed by atoms with van der Waals surface area (Å²) in [4.78, 5) is 23.5. The summed E-state index contributed by atoms with van der Waals surface area (Å²) in [5.74, 6) is -1.38. The van der Waals surface area contributed by atoms with Crippen molar-refractivity contribution in [3.8, 4) is 11.1 Å². The first-order chi connectivity index (χ1) is 13.4. The van der Waals surface area contributed by atoms with Gasteiger partial charge in [-0.05, 0) is 59.5 Å². The number of carbonyl (C=O) groups excluding carboxylic acids is 2. The maximum absolute atomic E-state index is 13.2. The number of primary amides is 1. The van der Waals surface area contributed by atoms with Crippen LogP contribution in [0, 0.1) is 5.82 Å². The number of amides is 2. The van der Waals surface area contributed by atoms with E-state index in [2.05, 4.69) is 0 Å². The first-order valence-electron chi connectivity index (χ1n) is 8.69. The molecule has 0 aliphatic carbocycles. The Labute approximate surface area is 161 Å². The third kappa shape index (κ3) is 4.61. The van der Waals surface area contributed by atoms with Crippen molar-refractivity contribution in [3.05, 3.63) is 95.3 Å². The molecule has 5 nitrogen and oxygen atoms in total. The van der Waals surface area contributed by atoms with Crippen LogP contribution in [-0.4, -0.2) is 28.6 Å². The number of carbonyl (C=O) groups is 2. The van der Waals surface area contributed by atoms with Gasteiger partial charge in [-0.2, -0.15) is 0 Å². The minimum Gasteiger partial charge on any atom is -0.366 e. The Kier molecular flexibility index (Phi) is 5.81. The van der Waals surface area contributed by atoms with Crippen LogP contribution in [0.5, 0.6) is 0 Å². The molecule has 0 aliphatic rings. The molecule has 28 heavy (non-hydrogen) atoms. The van der Waals surface area contributed by atoms with Gasteiger partial charge in [0.1, 0.15) is 5.82 Å². The van der Waals surface area contributed by atoms with Gasteiger partial charge < -0.3 is 5.73 Å². The minimum atomic E-state index is -0.535. The third-order valence-electron chi connectivity index (χ3n) is 4.37. The van der Waals surface area contributed by atoms with Crippen LogP contribution in [0.15, 0.2) is 72.8 Å². The Morgan fingerprint density at radius 3 is 2.00 bits per heavy atom. The lowest BCUT2D eigenvalue weighted by Gasteiger charge is -2.15. The van der Waals surface area contributed by atoms with Crippen LogP contribution in [0.3, 0.4) is 0 Å². The van der Waals surface area contributed by atoms with Gasteiger partial charge in [-0.1, -0.05) is 36.4 Å². The first-order valence-corrected chi connectivity index (χ1v) is 8.69. The fourth-order valence-corrected chi connectivity index (χ4v) is 2.81. The van der Waals surface area contributed by atoms with Crippen LogP contribution in [0.4, 0.5) is 4.39 Å². The molecule has 0 radical (unpaired) electrons. The molecule has 0 bridgehead atoms. The standard InChI is InChI=1S/C22H19FN2O3/c23-20-3-1-2-15(14-20)12-13-25(28)22(27)19-10-6-17(7-11-19)16-4-8-18(9-5-16)21(24)26/h1-11,14,28H,12-13H2,(H2,24,26). The normalized spacial score (nSPS) is 10.5. The number of nitrogens with two attached hydrogens (primary N) is 1. The Bertz CT molecular complexity index is 985. The molecule has 0 saturated carbocycles. The van der Waals surface area contributed by atoms with E-state index in [0.29, 0.717) is 28.2 Å². The lowest BCUT2D eigenvalue weighted by Crippen LogP contribution is -2.29. The average molecular weight is 378 g/mol. The lowest BCUT2D eigenvalue weighted by atomic mass is 10.0. The van der Waals surface area contributed by atoms with E-state index in [1.165, 1.54) is 12.1 Å². The van der Waals surface area contributed by atoms with Crippen LogP contribution >= 0.6 is 0 Å². The molecule has 2 amide bonds. The maximum Gasteiger partial charge on any atom is 0.277 e.